The maximum absolute atomic E-state index is 12.0. The molecule has 0 radical (unpaired) electrons. The molecule has 4 rings (SSSR count). The summed E-state index contributed by atoms with van der Waals surface area (Å²) in [6, 6.07) is 13.3. The molecule has 1 amide bonds. The van der Waals surface area contributed by atoms with Gasteiger partial charge in [-0.1, -0.05) is 12.1 Å². The van der Waals surface area contributed by atoms with E-state index in [1.165, 1.54) is 6.08 Å². The predicted molar refractivity (Wildman–Crippen MR) is 95.5 cm³/mol. The third-order valence-electron chi connectivity index (χ3n) is 3.69. The molecule has 1 aromatic carbocycles. The number of amides is 1. The van der Waals surface area contributed by atoms with Crippen LogP contribution in [0.15, 0.2) is 58.3 Å². The molecule has 1 N–H and O–H groups in total. The van der Waals surface area contributed by atoms with Crippen LogP contribution in [0.25, 0.3) is 16.7 Å². The Morgan fingerprint density at radius 2 is 2.08 bits per heavy atom. The standard InChI is InChI=1S/C19H15NO4S/c21-19(8-4-13-3-6-15-17(10-13)23-12-22-15)20-11-14-5-7-16(24-14)18-2-1-9-25-18/h1-10H,11-12H2,(H,20,21)/b8-4+. The van der Waals surface area contributed by atoms with Crippen molar-refractivity contribution >= 4 is 23.3 Å². The van der Waals surface area contributed by atoms with E-state index in [9.17, 15) is 4.79 Å². The molecule has 3 heterocycles. The van der Waals surface area contributed by atoms with Crippen LogP contribution in [0.3, 0.4) is 0 Å². The van der Waals surface area contributed by atoms with Gasteiger partial charge in [0.05, 0.1) is 11.4 Å². The highest BCUT2D eigenvalue weighted by Crippen LogP contribution is 2.32. The van der Waals surface area contributed by atoms with E-state index in [1.54, 1.807) is 17.4 Å². The molecule has 0 fully saturated rings. The molecule has 0 unspecified atom stereocenters. The normalized spacial score (nSPS) is 12.6. The molecular weight excluding hydrogens is 338 g/mol. The molecule has 1 aliphatic heterocycles. The number of hydrogen-bond acceptors (Lipinski definition) is 5. The van der Waals surface area contributed by atoms with E-state index in [0.29, 0.717) is 18.1 Å². The summed E-state index contributed by atoms with van der Waals surface area (Å²) in [7, 11) is 0. The quantitative estimate of drug-likeness (QED) is 0.703. The lowest BCUT2D eigenvalue weighted by Gasteiger charge is -2.00. The van der Waals surface area contributed by atoms with Crippen molar-refractivity contribution in [1.82, 2.24) is 5.32 Å². The molecule has 0 spiro atoms. The number of ether oxygens (including phenoxy) is 2. The molecule has 0 atom stereocenters. The fraction of sp³-hybridized carbons (Fsp3) is 0.105. The maximum Gasteiger partial charge on any atom is 0.244 e. The molecule has 6 heteroatoms. The first-order valence-electron chi connectivity index (χ1n) is 7.76. The summed E-state index contributed by atoms with van der Waals surface area (Å²) in [4.78, 5) is 13.0. The lowest BCUT2D eigenvalue weighted by molar-refractivity contribution is -0.116. The highest BCUT2D eigenvalue weighted by atomic mass is 32.1. The smallest absolute Gasteiger partial charge is 0.244 e. The highest BCUT2D eigenvalue weighted by molar-refractivity contribution is 7.13. The summed E-state index contributed by atoms with van der Waals surface area (Å²) in [6.45, 7) is 0.579. The van der Waals surface area contributed by atoms with Crippen LogP contribution < -0.4 is 14.8 Å². The number of rotatable bonds is 5. The fourth-order valence-electron chi connectivity index (χ4n) is 2.45. The van der Waals surface area contributed by atoms with Gasteiger partial charge in [-0.3, -0.25) is 4.79 Å². The first kappa shape index (κ1) is 15.5. The minimum atomic E-state index is -0.188. The molecule has 1 aliphatic rings. The Hall–Kier alpha value is -2.99. The second-order valence-electron chi connectivity index (χ2n) is 5.41. The number of furan rings is 1. The van der Waals surface area contributed by atoms with Crippen LogP contribution in [-0.2, 0) is 11.3 Å². The number of hydrogen-bond donors (Lipinski definition) is 1. The number of thiophene rings is 1. The van der Waals surface area contributed by atoms with Crippen LogP contribution in [0, 0.1) is 0 Å². The Morgan fingerprint density at radius 1 is 1.16 bits per heavy atom. The third-order valence-corrected chi connectivity index (χ3v) is 4.57. The minimum Gasteiger partial charge on any atom is -0.458 e. The Bertz CT molecular complexity index is 911. The Kier molecular flexibility index (Phi) is 4.26. The average Bonchev–Trinajstić information content (AvgIpc) is 3.38. The van der Waals surface area contributed by atoms with Gasteiger partial charge in [-0.15, -0.1) is 11.3 Å². The van der Waals surface area contributed by atoms with Gasteiger partial charge in [0.25, 0.3) is 0 Å². The Labute approximate surface area is 148 Å². The predicted octanol–water partition coefficient (Wildman–Crippen LogP) is 4.07. The summed E-state index contributed by atoms with van der Waals surface area (Å²) < 4.78 is 16.3. The summed E-state index contributed by atoms with van der Waals surface area (Å²) in [5.74, 6) is 2.76. The number of nitrogens with one attached hydrogen (secondary N) is 1. The molecule has 0 aliphatic carbocycles. The summed E-state index contributed by atoms with van der Waals surface area (Å²) >= 11 is 1.62. The van der Waals surface area contributed by atoms with E-state index in [4.69, 9.17) is 13.9 Å². The minimum absolute atomic E-state index is 0.188. The number of carbonyl (C=O) groups excluding carboxylic acids is 1. The lowest BCUT2D eigenvalue weighted by atomic mass is 10.2. The zero-order valence-electron chi connectivity index (χ0n) is 13.2. The molecule has 2 aromatic heterocycles. The van der Waals surface area contributed by atoms with E-state index in [-0.39, 0.29) is 12.7 Å². The molecule has 3 aromatic rings. The van der Waals surface area contributed by atoms with Crippen LogP contribution >= 0.6 is 11.3 Å². The van der Waals surface area contributed by atoms with E-state index >= 15 is 0 Å². The van der Waals surface area contributed by atoms with E-state index in [1.807, 2.05) is 47.8 Å². The number of benzene rings is 1. The highest BCUT2D eigenvalue weighted by Gasteiger charge is 2.12. The number of carbonyl (C=O) groups is 1. The monoisotopic (exact) mass is 353 g/mol. The van der Waals surface area contributed by atoms with Crippen molar-refractivity contribution in [3.63, 3.8) is 0 Å². The van der Waals surface area contributed by atoms with Gasteiger partial charge in [0.15, 0.2) is 11.5 Å². The van der Waals surface area contributed by atoms with Crippen molar-refractivity contribution < 1.29 is 18.7 Å². The van der Waals surface area contributed by atoms with Crippen molar-refractivity contribution in [3.8, 4) is 22.1 Å². The first-order valence-corrected chi connectivity index (χ1v) is 8.64. The SMILES string of the molecule is O=C(/C=C/c1ccc2c(c1)OCO2)NCc1ccc(-c2cccs2)o1. The van der Waals surface area contributed by atoms with Gasteiger partial charge in [0.1, 0.15) is 11.5 Å². The molecule has 0 bridgehead atoms. The van der Waals surface area contributed by atoms with E-state index < -0.39 is 0 Å². The third kappa shape index (κ3) is 3.59. The second kappa shape index (κ2) is 6.86. The summed E-state index contributed by atoms with van der Waals surface area (Å²) in [5, 5.41) is 4.81. The van der Waals surface area contributed by atoms with Crippen molar-refractivity contribution in [2.75, 3.05) is 6.79 Å². The van der Waals surface area contributed by atoms with Crippen LogP contribution in [0.5, 0.6) is 11.5 Å². The van der Waals surface area contributed by atoms with Gasteiger partial charge < -0.3 is 19.2 Å². The fourth-order valence-corrected chi connectivity index (χ4v) is 3.13. The zero-order valence-corrected chi connectivity index (χ0v) is 14.0. The summed E-state index contributed by atoms with van der Waals surface area (Å²) in [5.41, 5.74) is 0.873. The van der Waals surface area contributed by atoms with Gasteiger partial charge in [-0.2, -0.15) is 0 Å². The van der Waals surface area contributed by atoms with Gasteiger partial charge in [-0.25, -0.2) is 0 Å². The van der Waals surface area contributed by atoms with Crippen LogP contribution in [-0.4, -0.2) is 12.7 Å². The van der Waals surface area contributed by atoms with Crippen molar-refractivity contribution in [3.05, 3.63) is 65.2 Å². The molecule has 126 valence electrons. The van der Waals surface area contributed by atoms with Crippen LogP contribution in [0.4, 0.5) is 0 Å². The van der Waals surface area contributed by atoms with Gasteiger partial charge in [0, 0.05) is 6.08 Å². The first-order chi connectivity index (χ1) is 12.3. The van der Waals surface area contributed by atoms with Crippen molar-refractivity contribution in [2.24, 2.45) is 0 Å². The maximum atomic E-state index is 12.0. The topological polar surface area (TPSA) is 60.7 Å². The Morgan fingerprint density at radius 3 is 2.96 bits per heavy atom. The molecular formula is C19H15NO4S. The zero-order chi connectivity index (χ0) is 17.1. The van der Waals surface area contributed by atoms with Crippen LogP contribution in [0.1, 0.15) is 11.3 Å². The molecule has 25 heavy (non-hydrogen) atoms. The average molecular weight is 353 g/mol. The molecule has 5 nitrogen and oxygen atoms in total. The molecule has 0 saturated heterocycles. The molecule has 0 saturated carbocycles. The van der Waals surface area contributed by atoms with Gasteiger partial charge >= 0.3 is 0 Å². The second-order valence-corrected chi connectivity index (χ2v) is 6.35. The van der Waals surface area contributed by atoms with Gasteiger partial charge in [-0.05, 0) is 47.4 Å². The van der Waals surface area contributed by atoms with Crippen molar-refractivity contribution in [1.29, 1.82) is 0 Å². The van der Waals surface area contributed by atoms with Crippen LogP contribution in [0.2, 0.25) is 0 Å². The summed E-state index contributed by atoms with van der Waals surface area (Å²) in [6.07, 6.45) is 3.22. The number of fused-ring (bicyclic) bond motifs is 1. The van der Waals surface area contributed by atoms with Crippen molar-refractivity contribution in [2.45, 2.75) is 6.54 Å². The Balaban J connectivity index is 1.33. The lowest BCUT2D eigenvalue weighted by Crippen LogP contribution is -2.19. The van der Waals surface area contributed by atoms with E-state index in [0.717, 1.165) is 22.0 Å². The largest absolute Gasteiger partial charge is 0.458 e. The van der Waals surface area contributed by atoms with E-state index in [2.05, 4.69) is 5.32 Å². The van der Waals surface area contributed by atoms with Gasteiger partial charge in [0.2, 0.25) is 12.7 Å².